The lowest BCUT2D eigenvalue weighted by molar-refractivity contribution is 0.0688. The third kappa shape index (κ3) is 0.860. The Balaban J connectivity index is 2.33. The Morgan fingerprint density at radius 2 is 2.23 bits per heavy atom. The minimum absolute atomic E-state index is 0.127. The van der Waals surface area contributed by atoms with Crippen molar-refractivity contribution < 1.29 is 9.50 Å². The highest BCUT2D eigenvalue weighted by Gasteiger charge is 2.75. The molecule has 5 unspecified atom stereocenters. The summed E-state index contributed by atoms with van der Waals surface area (Å²) in [5, 5.41) is 13.1. The maximum atomic E-state index is 13.6. The zero-order valence-corrected chi connectivity index (χ0v) is 7.61. The molecule has 2 saturated carbocycles. The summed E-state index contributed by atoms with van der Waals surface area (Å²) in [5.41, 5.74) is 6.15. The van der Waals surface area contributed by atoms with E-state index in [-0.39, 0.29) is 11.8 Å². The van der Waals surface area contributed by atoms with Crippen molar-refractivity contribution in [3.8, 4) is 0 Å². The van der Waals surface area contributed by atoms with E-state index in [2.05, 4.69) is 10.0 Å². The lowest BCUT2D eigenvalue weighted by Gasteiger charge is -2.27. The molecular weight excluding hydrogens is 173 g/mol. The first kappa shape index (κ1) is 8.78. The smallest absolute Gasteiger partial charge is 0.115 e. The largest absolute Gasteiger partial charge is 0.392 e. The van der Waals surface area contributed by atoms with Gasteiger partial charge in [-0.2, -0.15) is 0 Å². The van der Waals surface area contributed by atoms with E-state index in [1.807, 2.05) is 0 Å². The molecule has 0 bridgehead atoms. The molecule has 0 heterocycles. The van der Waals surface area contributed by atoms with Crippen molar-refractivity contribution in [3.63, 3.8) is 0 Å². The number of aliphatic hydroxyl groups is 1. The fraction of sp³-hybridized carbons (Fsp3) is 1.00. The number of rotatable bonds is 1. The number of halogens is 1. The minimum atomic E-state index is -1.25. The molecule has 5 heteroatoms. The number of aliphatic hydroxyl groups excluding tert-OH is 1. The van der Waals surface area contributed by atoms with Crippen LogP contribution in [0.3, 0.4) is 0 Å². The van der Waals surface area contributed by atoms with Crippen molar-refractivity contribution in [1.82, 2.24) is 0 Å². The molecule has 0 saturated heterocycles. The van der Waals surface area contributed by atoms with Crippen molar-refractivity contribution >= 4 is 0 Å². The van der Waals surface area contributed by atoms with Crippen LogP contribution in [0.25, 0.3) is 10.4 Å². The first-order chi connectivity index (χ1) is 5.94. The fourth-order valence-electron chi connectivity index (χ4n) is 2.82. The van der Waals surface area contributed by atoms with Crippen molar-refractivity contribution in [2.45, 2.75) is 37.6 Å². The van der Waals surface area contributed by atoms with E-state index in [0.717, 1.165) is 0 Å². The first-order valence-electron chi connectivity index (χ1n) is 4.38. The summed E-state index contributed by atoms with van der Waals surface area (Å²) < 4.78 is 13.6. The highest BCUT2D eigenvalue weighted by Crippen LogP contribution is 2.67. The average Bonchev–Trinajstić information content (AvgIpc) is 2.40. The highest BCUT2D eigenvalue weighted by atomic mass is 19.1. The van der Waals surface area contributed by atoms with Crippen LogP contribution in [0.2, 0.25) is 0 Å². The molecule has 0 aromatic carbocycles. The van der Waals surface area contributed by atoms with Gasteiger partial charge in [-0.15, -0.1) is 0 Å². The van der Waals surface area contributed by atoms with Crippen molar-refractivity contribution in [1.29, 1.82) is 0 Å². The lowest BCUT2D eigenvalue weighted by atomic mass is 9.91. The summed E-state index contributed by atoms with van der Waals surface area (Å²) in [6.07, 6.45) is -0.282. The predicted molar refractivity (Wildman–Crippen MR) is 44.7 cm³/mol. The van der Waals surface area contributed by atoms with Gasteiger partial charge in [0.25, 0.3) is 0 Å². The van der Waals surface area contributed by atoms with Gasteiger partial charge in [0.05, 0.1) is 11.6 Å². The number of alkyl halides is 1. The van der Waals surface area contributed by atoms with Gasteiger partial charge in [-0.3, -0.25) is 0 Å². The Morgan fingerprint density at radius 1 is 1.62 bits per heavy atom. The number of hydrogen-bond donors (Lipinski definition) is 1. The molecule has 0 amide bonds. The normalized spacial score (nSPS) is 58.3. The molecule has 5 atom stereocenters. The van der Waals surface area contributed by atoms with Gasteiger partial charge in [0.2, 0.25) is 0 Å². The molecule has 72 valence electrons. The van der Waals surface area contributed by atoms with Crippen LogP contribution < -0.4 is 0 Å². The summed E-state index contributed by atoms with van der Waals surface area (Å²) in [7, 11) is 0. The summed E-state index contributed by atoms with van der Waals surface area (Å²) in [4.78, 5) is 2.68. The predicted octanol–water partition coefficient (Wildman–Crippen LogP) is 1.79. The van der Waals surface area contributed by atoms with E-state index < -0.39 is 17.3 Å². The second-order valence-electron chi connectivity index (χ2n) is 4.40. The molecule has 2 aliphatic carbocycles. The summed E-state index contributed by atoms with van der Waals surface area (Å²) in [6, 6.07) is 0. The van der Waals surface area contributed by atoms with Gasteiger partial charge in [-0.05, 0) is 18.9 Å². The van der Waals surface area contributed by atoms with Crippen LogP contribution in [-0.2, 0) is 0 Å². The van der Waals surface area contributed by atoms with Crippen LogP contribution in [0.4, 0.5) is 4.39 Å². The number of azide groups is 1. The van der Waals surface area contributed by atoms with E-state index in [9.17, 15) is 9.50 Å². The second kappa shape index (κ2) is 2.16. The Labute approximate surface area is 75.4 Å². The van der Waals surface area contributed by atoms with Gasteiger partial charge >= 0.3 is 0 Å². The molecule has 0 spiro atoms. The standard InChI is InChI=1S/C8H12FN3O/c1-7(9)4-3-5(13)8(2,6(4)7)11-12-10/h4-6,13H,3H2,1-2H3. The van der Waals surface area contributed by atoms with Crippen LogP contribution in [0.15, 0.2) is 5.11 Å². The van der Waals surface area contributed by atoms with Gasteiger partial charge in [0.1, 0.15) is 5.67 Å². The third-order valence-electron chi connectivity index (χ3n) is 3.67. The van der Waals surface area contributed by atoms with E-state index in [1.54, 1.807) is 6.92 Å². The van der Waals surface area contributed by atoms with E-state index in [4.69, 9.17) is 5.53 Å². The van der Waals surface area contributed by atoms with Crippen LogP contribution in [0, 0.1) is 11.8 Å². The number of hydrogen-bond acceptors (Lipinski definition) is 2. The van der Waals surface area contributed by atoms with Crippen molar-refractivity contribution in [2.75, 3.05) is 0 Å². The minimum Gasteiger partial charge on any atom is -0.392 e. The Hall–Kier alpha value is -0.800. The second-order valence-corrected chi connectivity index (χ2v) is 4.40. The van der Waals surface area contributed by atoms with E-state index in [1.165, 1.54) is 6.92 Å². The van der Waals surface area contributed by atoms with Crippen LogP contribution in [0.5, 0.6) is 0 Å². The quantitative estimate of drug-likeness (QED) is 0.377. The van der Waals surface area contributed by atoms with E-state index in [0.29, 0.717) is 6.42 Å². The Morgan fingerprint density at radius 3 is 2.69 bits per heavy atom. The topological polar surface area (TPSA) is 69.0 Å². The highest BCUT2D eigenvalue weighted by molar-refractivity contribution is 5.26. The zero-order chi connectivity index (χ0) is 9.85. The maximum absolute atomic E-state index is 13.6. The summed E-state index contributed by atoms with van der Waals surface area (Å²) >= 11 is 0. The molecule has 2 aliphatic rings. The molecule has 0 aromatic rings. The van der Waals surface area contributed by atoms with Gasteiger partial charge < -0.3 is 5.11 Å². The summed E-state index contributed by atoms with van der Waals surface area (Å²) in [5.74, 6) is -0.427. The Kier molecular flexibility index (Phi) is 1.46. The number of fused-ring (bicyclic) bond motifs is 1. The molecule has 0 radical (unpaired) electrons. The van der Waals surface area contributed by atoms with Crippen molar-refractivity contribution in [3.05, 3.63) is 10.4 Å². The number of nitrogens with zero attached hydrogens (tertiary/aromatic N) is 3. The monoisotopic (exact) mass is 185 g/mol. The van der Waals surface area contributed by atoms with Crippen molar-refractivity contribution in [2.24, 2.45) is 17.0 Å². The molecule has 0 aromatic heterocycles. The van der Waals surface area contributed by atoms with Crippen LogP contribution in [0.1, 0.15) is 20.3 Å². The summed E-state index contributed by atoms with van der Waals surface area (Å²) in [6.45, 7) is 3.15. The van der Waals surface area contributed by atoms with E-state index >= 15 is 0 Å². The van der Waals surface area contributed by atoms with Gasteiger partial charge in [0.15, 0.2) is 0 Å². The van der Waals surface area contributed by atoms with Gasteiger partial charge in [-0.1, -0.05) is 12.0 Å². The molecule has 0 aliphatic heterocycles. The third-order valence-corrected chi connectivity index (χ3v) is 3.67. The first-order valence-corrected chi connectivity index (χ1v) is 4.38. The molecule has 13 heavy (non-hydrogen) atoms. The molecule has 2 fully saturated rings. The average molecular weight is 185 g/mol. The zero-order valence-electron chi connectivity index (χ0n) is 7.61. The maximum Gasteiger partial charge on any atom is 0.115 e. The molecule has 2 rings (SSSR count). The lowest BCUT2D eigenvalue weighted by Crippen LogP contribution is -2.39. The molecule has 4 nitrogen and oxygen atoms in total. The molecule has 1 N–H and O–H groups in total. The SMILES string of the molecule is CC1(F)C2CC(O)C(C)(N=[N+]=[N-])C21. The van der Waals surface area contributed by atoms with Crippen LogP contribution in [-0.4, -0.2) is 22.4 Å². The van der Waals surface area contributed by atoms with Gasteiger partial charge in [-0.25, -0.2) is 4.39 Å². The fourth-order valence-corrected chi connectivity index (χ4v) is 2.82. The van der Waals surface area contributed by atoms with Gasteiger partial charge in [0, 0.05) is 16.7 Å². The van der Waals surface area contributed by atoms with Crippen LogP contribution >= 0.6 is 0 Å². The molecular formula is C8H12FN3O. The Bertz CT molecular complexity index is 300.